The van der Waals surface area contributed by atoms with Crippen molar-refractivity contribution in [1.29, 1.82) is 0 Å². The fraction of sp³-hybridized carbons (Fsp3) is 0.355. The molecule has 7 heteroatoms. The Bertz CT molecular complexity index is 1380. The van der Waals surface area contributed by atoms with Crippen LogP contribution >= 0.6 is 0 Å². The van der Waals surface area contributed by atoms with E-state index in [0.717, 1.165) is 79.1 Å². The van der Waals surface area contributed by atoms with E-state index in [4.69, 9.17) is 14.7 Å². The lowest BCUT2D eigenvalue weighted by molar-refractivity contribution is -0.125. The number of carbonyl (C=O) groups is 1. The SMILES string of the molecule is O=C(Cc1ccc(-c2ccc3ncc(N4CCN(Cc5cccnc5)CC4)nc3c2)cc1)C1CCOCC1. The standard InChI is InChI=1S/C31H33N5O2/c37-30(26-9-16-38-17-10-26)18-23-3-5-25(6-4-23)27-7-8-28-29(19-27)34-31(21-33-28)36-14-12-35(13-15-36)22-24-2-1-11-32-20-24/h1-8,11,19-21,26H,9-10,12-18,22H2. The molecular weight excluding hydrogens is 474 g/mol. The zero-order valence-corrected chi connectivity index (χ0v) is 21.6. The molecule has 2 aromatic carbocycles. The monoisotopic (exact) mass is 507 g/mol. The van der Waals surface area contributed by atoms with E-state index in [1.54, 1.807) is 0 Å². The van der Waals surface area contributed by atoms with Gasteiger partial charge >= 0.3 is 0 Å². The fourth-order valence-corrected chi connectivity index (χ4v) is 5.40. The first-order chi connectivity index (χ1) is 18.7. The summed E-state index contributed by atoms with van der Waals surface area (Å²) in [4.78, 5) is 31.3. The number of pyridine rings is 1. The number of piperazine rings is 1. The van der Waals surface area contributed by atoms with E-state index in [1.165, 1.54) is 5.56 Å². The molecule has 2 aromatic heterocycles. The van der Waals surface area contributed by atoms with Gasteiger partial charge < -0.3 is 9.64 Å². The molecular formula is C31H33N5O2. The topological polar surface area (TPSA) is 71.5 Å². The number of aromatic nitrogens is 3. The second-order valence-corrected chi connectivity index (χ2v) is 10.3. The third kappa shape index (κ3) is 5.74. The van der Waals surface area contributed by atoms with Crippen molar-refractivity contribution < 1.29 is 9.53 Å². The Labute approximate surface area is 223 Å². The molecule has 6 rings (SSSR count). The van der Waals surface area contributed by atoms with Gasteiger partial charge in [-0.25, -0.2) is 4.98 Å². The number of rotatable bonds is 7. The number of anilines is 1. The third-order valence-electron chi connectivity index (χ3n) is 7.70. The third-order valence-corrected chi connectivity index (χ3v) is 7.70. The van der Waals surface area contributed by atoms with Crippen LogP contribution in [-0.4, -0.2) is 65.0 Å². The van der Waals surface area contributed by atoms with Gasteiger partial charge in [0.1, 0.15) is 11.6 Å². The van der Waals surface area contributed by atoms with Crippen LogP contribution in [-0.2, 0) is 22.5 Å². The van der Waals surface area contributed by atoms with Gasteiger partial charge in [-0.3, -0.25) is 19.7 Å². The Morgan fingerprint density at radius 2 is 1.66 bits per heavy atom. The van der Waals surface area contributed by atoms with Crippen LogP contribution in [0.25, 0.3) is 22.2 Å². The van der Waals surface area contributed by atoms with Gasteiger partial charge in [-0.05, 0) is 53.3 Å². The number of fused-ring (bicyclic) bond motifs is 1. The van der Waals surface area contributed by atoms with E-state index >= 15 is 0 Å². The molecule has 0 N–H and O–H groups in total. The minimum atomic E-state index is 0.140. The summed E-state index contributed by atoms with van der Waals surface area (Å²) in [5.74, 6) is 1.39. The van der Waals surface area contributed by atoms with E-state index in [2.05, 4.69) is 57.2 Å². The van der Waals surface area contributed by atoms with Gasteiger partial charge in [0, 0.05) is 70.7 Å². The van der Waals surface area contributed by atoms with Crippen LogP contribution in [0.15, 0.2) is 73.2 Å². The van der Waals surface area contributed by atoms with Crippen LogP contribution in [0.1, 0.15) is 24.0 Å². The van der Waals surface area contributed by atoms with Crippen LogP contribution in [0.3, 0.4) is 0 Å². The molecule has 0 amide bonds. The summed E-state index contributed by atoms with van der Waals surface area (Å²) < 4.78 is 5.39. The first-order valence-corrected chi connectivity index (χ1v) is 13.5. The Hall–Kier alpha value is -3.68. The molecule has 2 saturated heterocycles. The summed E-state index contributed by atoms with van der Waals surface area (Å²) in [5.41, 5.74) is 6.33. The second kappa shape index (κ2) is 11.4. The smallest absolute Gasteiger partial charge is 0.147 e. The minimum Gasteiger partial charge on any atom is -0.381 e. The minimum absolute atomic E-state index is 0.140. The van der Waals surface area contributed by atoms with E-state index in [9.17, 15) is 4.79 Å². The van der Waals surface area contributed by atoms with Crippen molar-refractivity contribution >= 4 is 22.6 Å². The lowest BCUT2D eigenvalue weighted by Crippen LogP contribution is -2.46. The van der Waals surface area contributed by atoms with Crippen molar-refractivity contribution in [2.75, 3.05) is 44.3 Å². The molecule has 0 radical (unpaired) electrons. The fourth-order valence-electron chi connectivity index (χ4n) is 5.40. The number of ether oxygens (including phenoxy) is 1. The van der Waals surface area contributed by atoms with Gasteiger partial charge in [-0.1, -0.05) is 36.4 Å². The zero-order chi connectivity index (χ0) is 25.7. The molecule has 0 saturated carbocycles. The molecule has 194 valence electrons. The number of ketones is 1. The molecule has 0 bridgehead atoms. The summed E-state index contributed by atoms with van der Waals surface area (Å²) in [6, 6.07) is 18.7. The molecule has 38 heavy (non-hydrogen) atoms. The number of nitrogens with zero attached hydrogens (tertiary/aromatic N) is 5. The van der Waals surface area contributed by atoms with E-state index in [0.29, 0.717) is 25.4 Å². The van der Waals surface area contributed by atoms with Crippen molar-refractivity contribution in [2.24, 2.45) is 5.92 Å². The molecule has 0 aliphatic carbocycles. The Morgan fingerprint density at radius 1 is 0.868 bits per heavy atom. The Kier molecular flexibility index (Phi) is 7.38. The number of Topliss-reactive ketones (excluding diaryl/α,β-unsaturated/α-hetero) is 1. The molecule has 0 atom stereocenters. The maximum atomic E-state index is 12.7. The highest BCUT2D eigenvalue weighted by atomic mass is 16.5. The largest absolute Gasteiger partial charge is 0.381 e. The van der Waals surface area contributed by atoms with Crippen LogP contribution < -0.4 is 4.90 Å². The van der Waals surface area contributed by atoms with Crippen LogP contribution in [0, 0.1) is 5.92 Å². The molecule has 4 aromatic rings. The highest BCUT2D eigenvalue weighted by molar-refractivity contribution is 5.84. The maximum absolute atomic E-state index is 12.7. The zero-order valence-electron chi connectivity index (χ0n) is 21.6. The predicted octanol–water partition coefficient (Wildman–Crippen LogP) is 4.55. The van der Waals surface area contributed by atoms with Crippen molar-refractivity contribution in [3.63, 3.8) is 0 Å². The number of hydrogen-bond donors (Lipinski definition) is 0. The molecule has 0 unspecified atom stereocenters. The van der Waals surface area contributed by atoms with Gasteiger partial charge in [0.2, 0.25) is 0 Å². The van der Waals surface area contributed by atoms with Crippen molar-refractivity contribution in [3.8, 4) is 11.1 Å². The summed E-state index contributed by atoms with van der Waals surface area (Å²) in [6.45, 7) is 6.14. The average Bonchev–Trinajstić information content (AvgIpc) is 2.98. The number of benzene rings is 2. The molecule has 7 nitrogen and oxygen atoms in total. The molecule has 2 fully saturated rings. The molecule has 2 aliphatic rings. The first-order valence-electron chi connectivity index (χ1n) is 13.5. The van der Waals surface area contributed by atoms with Gasteiger partial charge in [0.15, 0.2) is 0 Å². The maximum Gasteiger partial charge on any atom is 0.147 e. The van der Waals surface area contributed by atoms with Crippen LogP contribution in [0.2, 0.25) is 0 Å². The molecule has 2 aliphatic heterocycles. The van der Waals surface area contributed by atoms with E-state index in [-0.39, 0.29) is 5.92 Å². The van der Waals surface area contributed by atoms with Crippen LogP contribution in [0.4, 0.5) is 5.82 Å². The van der Waals surface area contributed by atoms with Crippen LogP contribution in [0.5, 0.6) is 0 Å². The lowest BCUT2D eigenvalue weighted by atomic mass is 9.91. The highest BCUT2D eigenvalue weighted by Crippen LogP contribution is 2.26. The van der Waals surface area contributed by atoms with Gasteiger partial charge in [0.25, 0.3) is 0 Å². The Balaban J connectivity index is 1.11. The van der Waals surface area contributed by atoms with E-state index < -0.39 is 0 Å². The van der Waals surface area contributed by atoms with Gasteiger partial charge in [-0.15, -0.1) is 0 Å². The summed E-state index contributed by atoms with van der Waals surface area (Å²) in [7, 11) is 0. The molecule has 0 spiro atoms. The number of hydrogen-bond acceptors (Lipinski definition) is 7. The van der Waals surface area contributed by atoms with Gasteiger partial charge in [-0.2, -0.15) is 0 Å². The predicted molar refractivity (Wildman–Crippen MR) is 149 cm³/mol. The average molecular weight is 508 g/mol. The van der Waals surface area contributed by atoms with E-state index in [1.807, 2.05) is 30.7 Å². The highest BCUT2D eigenvalue weighted by Gasteiger charge is 2.22. The number of carbonyl (C=O) groups excluding carboxylic acids is 1. The van der Waals surface area contributed by atoms with Crippen molar-refractivity contribution in [2.45, 2.75) is 25.8 Å². The second-order valence-electron chi connectivity index (χ2n) is 10.3. The lowest BCUT2D eigenvalue weighted by Gasteiger charge is -2.35. The van der Waals surface area contributed by atoms with Crippen molar-refractivity contribution in [1.82, 2.24) is 19.9 Å². The summed E-state index contributed by atoms with van der Waals surface area (Å²) >= 11 is 0. The summed E-state index contributed by atoms with van der Waals surface area (Å²) in [6.07, 6.45) is 7.84. The first kappa shape index (κ1) is 24.6. The quantitative estimate of drug-likeness (QED) is 0.363. The summed E-state index contributed by atoms with van der Waals surface area (Å²) in [5, 5.41) is 0. The molecule has 4 heterocycles. The Morgan fingerprint density at radius 3 is 2.42 bits per heavy atom. The van der Waals surface area contributed by atoms with Crippen molar-refractivity contribution in [3.05, 3.63) is 84.3 Å². The van der Waals surface area contributed by atoms with Gasteiger partial charge in [0.05, 0.1) is 17.2 Å². The normalized spacial score (nSPS) is 17.1.